The fourth-order valence-corrected chi connectivity index (χ4v) is 3.46. The third-order valence-corrected chi connectivity index (χ3v) is 4.65. The van der Waals surface area contributed by atoms with E-state index in [2.05, 4.69) is 42.3 Å². The number of carbonyl (C=O) groups excluding carboxylic acids is 1. The van der Waals surface area contributed by atoms with Crippen LogP contribution in [0.25, 0.3) is 0 Å². The third-order valence-electron chi connectivity index (χ3n) is 4.65. The molecular weight excluding hydrogens is 262 g/mol. The molecule has 1 amide bonds. The Labute approximate surface area is 127 Å². The lowest BCUT2D eigenvalue weighted by Gasteiger charge is -2.28. The molecule has 1 aromatic carbocycles. The quantitative estimate of drug-likeness (QED) is 0.918. The van der Waals surface area contributed by atoms with Crippen LogP contribution in [0.3, 0.4) is 0 Å². The molecule has 4 nitrogen and oxygen atoms in total. The van der Waals surface area contributed by atoms with Gasteiger partial charge in [-0.25, -0.2) is 0 Å². The van der Waals surface area contributed by atoms with Crippen LogP contribution in [0.15, 0.2) is 18.2 Å². The molecular formula is C17H25N3O. The van der Waals surface area contributed by atoms with Crippen molar-refractivity contribution >= 4 is 5.91 Å². The maximum absolute atomic E-state index is 12.2. The summed E-state index contributed by atoms with van der Waals surface area (Å²) in [6.45, 7) is 8.88. The molecule has 1 unspecified atom stereocenters. The van der Waals surface area contributed by atoms with E-state index in [1.165, 1.54) is 42.6 Å². The van der Waals surface area contributed by atoms with Crippen LogP contribution in [0.1, 0.15) is 35.7 Å². The number of rotatable bonds is 4. The molecule has 1 atom stereocenters. The number of hydrogen-bond acceptors (Lipinski definition) is 3. The van der Waals surface area contributed by atoms with Crippen LogP contribution in [0.5, 0.6) is 0 Å². The van der Waals surface area contributed by atoms with Gasteiger partial charge in [0, 0.05) is 13.1 Å². The Bertz CT molecular complexity index is 523. The Hall–Kier alpha value is -1.39. The van der Waals surface area contributed by atoms with Crippen molar-refractivity contribution < 1.29 is 4.79 Å². The van der Waals surface area contributed by atoms with Gasteiger partial charge in [0.25, 0.3) is 0 Å². The van der Waals surface area contributed by atoms with Crippen molar-refractivity contribution in [1.82, 2.24) is 15.1 Å². The van der Waals surface area contributed by atoms with E-state index in [0.29, 0.717) is 6.54 Å². The van der Waals surface area contributed by atoms with Crippen molar-refractivity contribution in [3.05, 3.63) is 34.9 Å². The van der Waals surface area contributed by atoms with Crippen LogP contribution in [-0.4, -0.2) is 48.4 Å². The monoisotopic (exact) mass is 287 g/mol. The van der Waals surface area contributed by atoms with Crippen molar-refractivity contribution in [2.75, 3.05) is 32.7 Å². The average Bonchev–Trinajstić information content (AvgIpc) is 3.07. The molecule has 0 aliphatic carbocycles. The average molecular weight is 287 g/mol. The van der Waals surface area contributed by atoms with Crippen LogP contribution in [0, 0.1) is 13.8 Å². The van der Waals surface area contributed by atoms with Gasteiger partial charge in [-0.1, -0.05) is 23.8 Å². The summed E-state index contributed by atoms with van der Waals surface area (Å²) >= 11 is 0. The summed E-state index contributed by atoms with van der Waals surface area (Å²) in [6.07, 6.45) is 2.64. The fraction of sp³-hybridized carbons (Fsp3) is 0.588. The summed E-state index contributed by atoms with van der Waals surface area (Å²) in [5.41, 5.74) is 3.76. The van der Waals surface area contributed by atoms with Crippen molar-refractivity contribution in [2.45, 2.75) is 32.9 Å². The van der Waals surface area contributed by atoms with E-state index >= 15 is 0 Å². The highest BCUT2D eigenvalue weighted by Crippen LogP contribution is 2.26. The highest BCUT2D eigenvalue weighted by Gasteiger charge is 2.32. The van der Waals surface area contributed by atoms with Crippen LogP contribution >= 0.6 is 0 Å². The number of benzene rings is 1. The van der Waals surface area contributed by atoms with E-state index in [1.54, 1.807) is 0 Å². The summed E-state index contributed by atoms with van der Waals surface area (Å²) in [7, 11) is 0. The first-order valence-corrected chi connectivity index (χ1v) is 7.97. The van der Waals surface area contributed by atoms with E-state index in [0.717, 1.165) is 13.1 Å². The maximum atomic E-state index is 12.2. The molecule has 2 heterocycles. The predicted octanol–water partition coefficient (Wildman–Crippen LogP) is 1.83. The van der Waals surface area contributed by atoms with Crippen molar-refractivity contribution in [3.63, 3.8) is 0 Å². The van der Waals surface area contributed by atoms with Crippen molar-refractivity contribution in [3.8, 4) is 0 Å². The molecule has 2 aliphatic rings. The van der Waals surface area contributed by atoms with Gasteiger partial charge in [-0.15, -0.1) is 0 Å². The standard InChI is InChI=1S/C17H25N3O/c1-13-5-6-15(14(2)11-13)17-18-12-16(21)20(17)10-9-19-7-3-4-8-19/h5-6,11,17-18H,3-4,7-10,12H2,1-2H3. The molecule has 0 saturated carbocycles. The summed E-state index contributed by atoms with van der Waals surface area (Å²) in [4.78, 5) is 16.7. The van der Waals surface area contributed by atoms with Crippen molar-refractivity contribution in [2.24, 2.45) is 0 Å². The first-order valence-electron chi connectivity index (χ1n) is 7.97. The van der Waals surface area contributed by atoms with E-state index in [-0.39, 0.29) is 12.1 Å². The predicted molar refractivity (Wildman–Crippen MR) is 84.0 cm³/mol. The van der Waals surface area contributed by atoms with Gasteiger partial charge in [0.1, 0.15) is 6.17 Å². The van der Waals surface area contributed by atoms with Crippen molar-refractivity contribution in [1.29, 1.82) is 0 Å². The lowest BCUT2D eigenvalue weighted by Crippen LogP contribution is -2.37. The van der Waals surface area contributed by atoms with Gasteiger partial charge in [-0.05, 0) is 50.9 Å². The lowest BCUT2D eigenvalue weighted by molar-refractivity contribution is -0.128. The first-order chi connectivity index (χ1) is 10.1. The molecule has 2 fully saturated rings. The molecule has 4 heteroatoms. The molecule has 2 saturated heterocycles. The molecule has 3 rings (SSSR count). The number of likely N-dealkylation sites (tertiary alicyclic amines) is 1. The largest absolute Gasteiger partial charge is 0.321 e. The highest BCUT2D eigenvalue weighted by atomic mass is 16.2. The molecule has 0 radical (unpaired) electrons. The van der Waals surface area contributed by atoms with Gasteiger partial charge in [0.2, 0.25) is 5.91 Å². The van der Waals surface area contributed by atoms with E-state index in [1.807, 2.05) is 4.90 Å². The van der Waals surface area contributed by atoms with E-state index < -0.39 is 0 Å². The number of nitrogens with one attached hydrogen (secondary N) is 1. The van der Waals surface area contributed by atoms with Crippen LogP contribution in [-0.2, 0) is 4.79 Å². The highest BCUT2D eigenvalue weighted by molar-refractivity contribution is 5.81. The molecule has 0 aromatic heterocycles. The zero-order valence-corrected chi connectivity index (χ0v) is 13.1. The second-order valence-electron chi connectivity index (χ2n) is 6.28. The van der Waals surface area contributed by atoms with Crippen LogP contribution in [0.2, 0.25) is 0 Å². The minimum Gasteiger partial charge on any atom is -0.321 e. The number of hydrogen-bond donors (Lipinski definition) is 1. The summed E-state index contributed by atoms with van der Waals surface area (Å²) in [6, 6.07) is 6.48. The summed E-state index contributed by atoms with van der Waals surface area (Å²) in [5, 5.41) is 3.37. The number of amides is 1. The number of aryl methyl sites for hydroxylation is 2. The molecule has 1 aromatic rings. The van der Waals surface area contributed by atoms with E-state index in [9.17, 15) is 4.79 Å². The molecule has 0 spiro atoms. The van der Waals surface area contributed by atoms with Gasteiger partial charge in [0.05, 0.1) is 6.54 Å². The van der Waals surface area contributed by atoms with E-state index in [4.69, 9.17) is 0 Å². The second-order valence-corrected chi connectivity index (χ2v) is 6.28. The maximum Gasteiger partial charge on any atom is 0.238 e. The molecule has 114 valence electrons. The minimum absolute atomic E-state index is 0.0423. The Kier molecular flexibility index (Phi) is 4.27. The Morgan fingerprint density at radius 3 is 2.67 bits per heavy atom. The first kappa shape index (κ1) is 14.5. The van der Waals surface area contributed by atoms with Gasteiger partial charge < -0.3 is 9.80 Å². The topological polar surface area (TPSA) is 35.6 Å². The Balaban J connectivity index is 1.72. The normalized spacial score (nSPS) is 23.2. The fourth-order valence-electron chi connectivity index (χ4n) is 3.46. The number of nitrogens with zero attached hydrogens (tertiary/aromatic N) is 2. The van der Waals surface area contributed by atoms with Gasteiger partial charge >= 0.3 is 0 Å². The Morgan fingerprint density at radius 1 is 1.19 bits per heavy atom. The van der Waals surface area contributed by atoms with Crippen LogP contribution < -0.4 is 5.32 Å². The molecule has 0 bridgehead atoms. The zero-order chi connectivity index (χ0) is 14.8. The van der Waals surface area contributed by atoms with Crippen LogP contribution in [0.4, 0.5) is 0 Å². The molecule has 21 heavy (non-hydrogen) atoms. The summed E-state index contributed by atoms with van der Waals surface area (Å²) in [5.74, 6) is 0.221. The Morgan fingerprint density at radius 2 is 1.95 bits per heavy atom. The van der Waals surface area contributed by atoms with Gasteiger partial charge in [-0.3, -0.25) is 10.1 Å². The minimum atomic E-state index is 0.0423. The third kappa shape index (κ3) is 3.11. The molecule has 2 aliphatic heterocycles. The SMILES string of the molecule is Cc1ccc(C2NCC(=O)N2CCN2CCCC2)c(C)c1. The lowest BCUT2D eigenvalue weighted by atomic mass is 10.0. The smallest absolute Gasteiger partial charge is 0.238 e. The second kappa shape index (κ2) is 6.16. The van der Waals surface area contributed by atoms with Gasteiger partial charge in [-0.2, -0.15) is 0 Å². The summed E-state index contributed by atoms with van der Waals surface area (Å²) < 4.78 is 0. The number of carbonyl (C=O) groups is 1. The van der Waals surface area contributed by atoms with Gasteiger partial charge in [0.15, 0.2) is 0 Å². The zero-order valence-electron chi connectivity index (χ0n) is 13.1. The molecule has 1 N–H and O–H groups in total.